The zero-order valence-corrected chi connectivity index (χ0v) is 13.4. The first-order valence-corrected chi connectivity index (χ1v) is 8.05. The van der Waals surface area contributed by atoms with Gasteiger partial charge in [0.1, 0.15) is 17.5 Å². The van der Waals surface area contributed by atoms with E-state index in [1.165, 1.54) is 24.8 Å². The van der Waals surface area contributed by atoms with Crippen LogP contribution in [0.2, 0.25) is 0 Å². The number of hydrogen-bond donors (Lipinski definition) is 1. The summed E-state index contributed by atoms with van der Waals surface area (Å²) in [7, 11) is 0. The van der Waals surface area contributed by atoms with E-state index in [9.17, 15) is 0 Å². The zero-order chi connectivity index (χ0) is 14.5. The first-order chi connectivity index (χ1) is 9.69. The lowest BCUT2D eigenvalue weighted by Crippen LogP contribution is -2.35. The van der Waals surface area contributed by atoms with Crippen LogP contribution in [0, 0.1) is 12.8 Å². The molecular weight excluding hydrogens is 248 g/mol. The van der Waals surface area contributed by atoms with Crippen molar-refractivity contribution < 1.29 is 0 Å². The molecular formula is C16H28N4. The van der Waals surface area contributed by atoms with Crippen LogP contribution in [0.5, 0.6) is 0 Å². The minimum atomic E-state index is 0.886. The highest BCUT2D eigenvalue weighted by Crippen LogP contribution is 2.28. The van der Waals surface area contributed by atoms with E-state index in [1.807, 2.05) is 0 Å². The smallest absolute Gasteiger partial charge is 0.137 e. The van der Waals surface area contributed by atoms with Gasteiger partial charge in [0, 0.05) is 31.6 Å². The van der Waals surface area contributed by atoms with Gasteiger partial charge in [-0.15, -0.1) is 0 Å². The van der Waals surface area contributed by atoms with E-state index in [0.717, 1.165) is 49.4 Å². The summed E-state index contributed by atoms with van der Waals surface area (Å²) in [5.74, 6) is 3.99. The molecule has 0 bridgehead atoms. The van der Waals surface area contributed by atoms with Gasteiger partial charge in [-0.05, 0) is 32.6 Å². The molecule has 0 unspecified atom stereocenters. The zero-order valence-electron chi connectivity index (χ0n) is 13.4. The highest BCUT2D eigenvalue weighted by molar-refractivity contribution is 5.58. The van der Waals surface area contributed by atoms with Crippen LogP contribution in [-0.4, -0.2) is 29.6 Å². The van der Waals surface area contributed by atoms with Gasteiger partial charge in [0.15, 0.2) is 0 Å². The van der Waals surface area contributed by atoms with Crippen molar-refractivity contribution >= 4 is 11.6 Å². The Morgan fingerprint density at radius 1 is 1.15 bits per heavy atom. The first-order valence-electron chi connectivity index (χ1n) is 8.05. The fourth-order valence-corrected chi connectivity index (χ4v) is 2.91. The quantitative estimate of drug-likeness (QED) is 0.895. The predicted octanol–water partition coefficient (Wildman–Crippen LogP) is 3.41. The molecule has 1 aromatic rings. The number of rotatable bonds is 5. The topological polar surface area (TPSA) is 41.1 Å². The number of nitrogens with one attached hydrogen (secondary N) is 1. The van der Waals surface area contributed by atoms with Crippen molar-refractivity contribution in [1.82, 2.24) is 9.97 Å². The van der Waals surface area contributed by atoms with E-state index in [1.54, 1.807) is 0 Å². The predicted molar refractivity (Wildman–Crippen MR) is 85.5 cm³/mol. The fourth-order valence-electron chi connectivity index (χ4n) is 2.91. The number of hydrogen-bond acceptors (Lipinski definition) is 4. The van der Waals surface area contributed by atoms with Crippen molar-refractivity contribution in [1.29, 1.82) is 0 Å². The number of aryl methyl sites for hydroxylation is 1. The van der Waals surface area contributed by atoms with Crippen molar-refractivity contribution in [3.63, 3.8) is 0 Å². The van der Waals surface area contributed by atoms with Gasteiger partial charge in [-0.2, -0.15) is 0 Å². The Kier molecular flexibility index (Phi) is 5.21. The lowest BCUT2D eigenvalue weighted by atomic mass is 9.94. The second-order valence-electron chi connectivity index (χ2n) is 5.66. The highest BCUT2D eigenvalue weighted by atomic mass is 15.2. The SMILES string of the molecule is CCNc1nc(CC)nc(N2CCC(CC)CC2)c1C. The summed E-state index contributed by atoms with van der Waals surface area (Å²) in [4.78, 5) is 11.8. The molecule has 1 aromatic heterocycles. The third kappa shape index (κ3) is 3.22. The van der Waals surface area contributed by atoms with Crippen LogP contribution >= 0.6 is 0 Å². The van der Waals surface area contributed by atoms with Gasteiger partial charge < -0.3 is 10.2 Å². The van der Waals surface area contributed by atoms with Crippen LogP contribution in [0.4, 0.5) is 11.6 Å². The Bertz CT molecular complexity index is 436. The summed E-state index contributed by atoms with van der Waals surface area (Å²) in [5.41, 5.74) is 1.19. The summed E-state index contributed by atoms with van der Waals surface area (Å²) in [6.45, 7) is 11.8. The minimum absolute atomic E-state index is 0.886. The van der Waals surface area contributed by atoms with Crippen LogP contribution in [0.25, 0.3) is 0 Å². The molecule has 4 nitrogen and oxygen atoms in total. The molecule has 1 N–H and O–H groups in total. The minimum Gasteiger partial charge on any atom is -0.370 e. The maximum atomic E-state index is 4.78. The number of piperidine rings is 1. The molecule has 0 radical (unpaired) electrons. The maximum absolute atomic E-state index is 4.78. The molecule has 1 saturated heterocycles. The second-order valence-corrected chi connectivity index (χ2v) is 5.66. The Hall–Kier alpha value is -1.32. The van der Waals surface area contributed by atoms with Crippen LogP contribution in [0.3, 0.4) is 0 Å². The van der Waals surface area contributed by atoms with E-state index >= 15 is 0 Å². The van der Waals surface area contributed by atoms with Crippen LogP contribution in [-0.2, 0) is 6.42 Å². The lowest BCUT2D eigenvalue weighted by molar-refractivity contribution is 0.393. The van der Waals surface area contributed by atoms with Crippen LogP contribution < -0.4 is 10.2 Å². The lowest BCUT2D eigenvalue weighted by Gasteiger charge is -2.33. The molecule has 0 spiro atoms. The van der Waals surface area contributed by atoms with Crippen LogP contribution in [0.15, 0.2) is 0 Å². The molecule has 0 aliphatic carbocycles. The molecule has 112 valence electrons. The van der Waals surface area contributed by atoms with Crippen molar-refractivity contribution in [2.45, 2.75) is 53.4 Å². The van der Waals surface area contributed by atoms with E-state index in [-0.39, 0.29) is 0 Å². The normalized spacial score (nSPS) is 16.5. The van der Waals surface area contributed by atoms with Gasteiger partial charge in [-0.3, -0.25) is 0 Å². The second kappa shape index (κ2) is 6.91. The maximum Gasteiger partial charge on any atom is 0.137 e. The fraction of sp³-hybridized carbons (Fsp3) is 0.750. The van der Waals surface area contributed by atoms with E-state index in [4.69, 9.17) is 4.98 Å². The molecule has 20 heavy (non-hydrogen) atoms. The molecule has 0 aromatic carbocycles. The van der Waals surface area contributed by atoms with E-state index < -0.39 is 0 Å². The average Bonchev–Trinajstić information content (AvgIpc) is 2.49. The van der Waals surface area contributed by atoms with Gasteiger partial charge >= 0.3 is 0 Å². The monoisotopic (exact) mass is 276 g/mol. The highest BCUT2D eigenvalue weighted by Gasteiger charge is 2.22. The average molecular weight is 276 g/mol. The summed E-state index contributed by atoms with van der Waals surface area (Å²) in [6.07, 6.45) is 4.77. The Balaban J connectivity index is 2.24. The van der Waals surface area contributed by atoms with Gasteiger partial charge in [-0.1, -0.05) is 20.3 Å². The van der Waals surface area contributed by atoms with Crippen molar-refractivity contribution in [2.24, 2.45) is 5.92 Å². The summed E-state index contributed by atoms with van der Waals surface area (Å²) >= 11 is 0. The Morgan fingerprint density at radius 2 is 1.85 bits per heavy atom. The molecule has 0 amide bonds. The number of aromatic nitrogens is 2. The number of nitrogens with zero attached hydrogens (tertiary/aromatic N) is 3. The molecule has 2 rings (SSSR count). The third-order valence-corrected chi connectivity index (χ3v) is 4.32. The van der Waals surface area contributed by atoms with Crippen molar-refractivity contribution in [2.75, 3.05) is 29.9 Å². The first kappa shape index (κ1) is 15.1. The van der Waals surface area contributed by atoms with Gasteiger partial charge in [0.25, 0.3) is 0 Å². The van der Waals surface area contributed by atoms with Gasteiger partial charge in [0.2, 0.25) is 0 Å². The molecule has 4 heteroatoms. The summed E-state index contributed by atoms with van der Waals surface area (Å²) < 4.78 is 0. The standard InChI is InChI=1S/C16H28N4/c1-5-13-8-10-20(11-9-13)16-12(4)15(17-7-3)18-14(6-2)19-16/h13H,5-11H2,1-4H3,(H,17,18,19). The van der Waals surface area contributed by atoms with Crippen molar-refractivity contribution in [3.05, 3.63) is 11.4 Å². The van der Waals surface area contributed by atoms with E-state index in [0.29, 0.717) is 0 Å². The molecule has 0 atom stereocenters. The van der Waals surface area contributed by atoms with Crippen molar-refractivity contribution in [3.8, 4) is 0 Å². The third-order valence-electron chi connectivity index (χ3n) is 4.32. The molecule has 1 fully saturated rings. The summed E-state index contributed by atoms with van der Waals surface area (Å²) in [6, 6.07) is 0. The molecule has 2 heterocycles. The Morgan fingerprint density at radius 3 is 2.40 bits per heavy atom. The van der Waals surface area contributed by atoms with E-state index in [2.05, 4.69) is 42.9 Å². The molecule has 1 aliphatic rings. The Labute approximate surface area is 123 Å². The number of anilines is 2. The van der Waals surface area contributed by atoms with Gasteiger partial charge in [-0.25, -0.2) is 9.97 Å². The molecule has 1 aliphatic heterocycles. The van der Waals surface area contributed by atoms with Crippen LogP contribution in [0.1, 0.15) is 51.4 Å². The molecule has 0 saturated carbocycles. The summed E-state index contributed by atoms with van der Waals surface area (Å²) in [5, 5.41) is 3.37. The largest absolute Gasteiger partial charge is 0.370 e. The van der Waals surface area contributed by atoms with Gasteiger partial charge in [0.05, 0.1) is 0 Å².